The van der Waals surface area contributed by atoms with Crippen LogP contribution in [0.15, 0.2) is 40.1 Å². The molecular formula is C14H18BrO3P. The Morgan fingerprint density at radius 1 is 1.32 bits per heavy atom. The molecule has 0 fully saturated rings. The number of rotatable bonds is 4. The second kappa shape index (κ2) is 5.53. The Hall–Kier alpha value is -0.410. The van der Waals surface area contributed by atoms with Crippen molar-refractivity contribution in [2.24, 2.45) is 0 Å². The summed E-state index contributed by atoms with van der Waals surface area (Å²) < 4.78 is 24.8. The van der Waals surface area contributed by atoms with Crippen LogP contribution in [-0.4, -0.2) is 12.2 Å². The Labute approximate surface area is 122 Å². The largest absolute Gasteiger partial charge is 0.359 e. The maximum Gasteiger partial charge on any atom is 0.359 e. The molecule has 1 aliphatic heterocycles. The average Bonchev–Trinajstić information content (AvgIpc) is 2.51. The standard InChI is InChI=1S/C14H18BrO3P/c1-4-17-19(16)12(13(15)14(2,3)18-19)10-11-8-6-5-7-9-11/h5-9H,4,10H2,1-3H3. The smallest absolute Gasteiger partial charge is 0.306 e. The molecule has 0 amide bonds. The molecule has 1 atom stereocenters. The molecular weight excluding hydrogens is 327 g/mol. The number of hydrogen-bond acceptors (Lipinski definition) is 3. The van der Waals surface area contributed by atoms with Crippen molar-refractivity contribution in [2.45, 2.75) is 32.8 Å². The van der Waals surface area contributed by atoms with Gasteiger partial charge in [0.2, 0.25) is 0 Å². The molecule has 1 aliphatic rings. The van der Waals surface area contributed by atoms with Gasteiger partial charge in [-0.2, -0.15) is 0 Å². The fourth-order valence-corrected chi connectivity index (χ4v) is 5.34. The number of allylic oxidation sites excluding steroid dienone is 1. The second-order valence-corrected chi connectivity index (χ2v) is 7.71. The molecule has 1 aromatic rings. The zero-order valence-corrected chi connectivity index (χ0v) is 13.8. The molecule has 19 heavy (non-hydrogen) atoms. The first-order chi connectivity index (χ1) is 8.89. The molecule has 0 radical (unpaired) electrons. The Morgan fingerprint density at radius 2 is 1.95 bits per heavy atom. The minimum absolute atomic E-state index is 0.367. The lowest BCUT2D eigenvalue weighted by Gasteiger charge is -2.20. The van der Waals surface area contributed by atoms with Crippen LogP contribution in [0.1, 0.15) is 26.3 Å². The van der Waals surface area contributed by atoms with Crippen LogP contribution in [0.25, 0.3) is 0 Å². The predicted molar refractivity (Wildman–Crippen MR) is 80.5 cm³/mol. The van der Waals surface area contributed by atoms with Gasteiger partial charge in [-0.3, -0.25) is 9.09 Å². The lowest BCUT2D eigenvalue weighted by molar-refractivity contribution is 0.134. The van der Waals surface area contributed by atoms with Crippen molar-refractivity contribution in [3.63, 3.8) is 0 Å². The zero-order chi connectivity index (χ0) is 14.1. The molecule has 1 unspecified atom stereocenters. The van der Waals surface area contributed by atoms with Gasteiger partial charge in [-0.15, -0.1) is 0 Å². The van der Waals surface area contributed by atoms with Crippen LogP contribution >= 0.6 is 23.5 Å². The van der Waals surface area contributed by atoms with E-state index in [0.29, 0.717) is 13.0 Å². The molecule has 0 spiro atoms. The summed E-state index contributed by atoms with van der Waals surface area (Å²) in [5.74, 6) is 0. The fourth-order valence-electron chi connectivity index (χ4n) is 2.10. The molecule has 0 saturated carbocycles. The number of hydrogen-bond donors (Lipinski definition) is 0. The van der Waals surface area contributed by atoms with Crippen molar-refractivity contribution < 1.29 is 13.6 Å². The summed E-state index contributed by atoms with van der Waals surface area (Å²) >= 11 is 3.53. The van der Waals surface area contributed by atoms with Gasteiger partial charge in [0.05, 0.1) is 11.9 Å². The minimum Gasteiger partial charge on any atom is -0.306 e. The third-order valence-corrected chi connectivity index (χ3v) is 7.05. The number of benzene rings is 1. The molecule has 0 aromatic heterocycles. The highest BCUT2D eigenvalue weighted by molar-refractivity contribution is 9.11. The normalized spacial score (nSPS) is 25.9. The van der Waals surface area contributed by atoms with Gasteiger partial charge in [0.25, 0.3) is 0 Å². The van der Waals surface area contributed by atoms with Crippen molar-refractivity contribution in [1.29, 1.82) is 0 Å². The Balaban J connectivity index is 2.38. The predicted octanol–water partition coefficient (Wildman–Crippen LogP) is 4.87. The van der Waals surface area contributed by atoms with E-state index >= 15 is 0 Å². The summed E-state index contributed by atoms with van der Waals surface area (Å²) in [7, 11) is -3.19. The topological polar surface area (TPSA) is 35.5 Å². The van der Waals surface area contributed by atoms with Crippen LogP contribution in [0.5, 0.6) is 0 Å². The van der Waals surface area contributed by atoms with Crippen molar-refractivity contribution >= 4 is 23.5 Å². The van der Waals surface area contributed by atoms with Gasteiger partial charge >= 0.3 is 7.60 Å². The van der Waals surface area contributed by atoms with E-state index in [1.807, 2.05) is 51.1 Å². The third-order valence-electron chi connectivity index (χ3n) is 2.97. The van der Waals surface area contributed by atoms with Crippen LogP contribution in [0.4, 0.5) is 0 Å². The molecule has 2 rings (SSSR count). The molecule has 0 bridgehead atoms. The molecule has 0 aliphatic carbocycles. The van der Waals surface area contributed by atoms with Crippen LogP contribution in [0.2, 0.25) is 0 Å². The third kappa shape index (κ3) is 3.03. The Morgan fingerprint density at radius 3 is 2.53 bits per heavy atom. The van der Waals surface area contributed by atoms with Gasteiger partial charge in [0, 0.05) is 10.9 Å². The van der Waals surface area contributed by atoms with Gasteiger partial charge in [-0.05, 0) is 26.3 Å². The monoisotopic (exact) mass is 344 g/mol. The quantitative estimate of drug-likeness (QED) is 0.730. The highest BCUT2D eigenvalue weighted by Gasteiger charge is 2.48. The second-order valence-electron chi connectivity index (χ2n) is 4.94. The van der Waals surface area contributed by atoms with Crippen LogP contribution in [0, 0.1) is 0 Å². The van der Waals surface area contributed by atoms with E-state index in [9.17, 15) is 4.57 Å². The Bertz CT molecular complexity index is 537. The van der Waals surface area contributed by atoms with E-state index in [0.717, 1.165) is 15.4 Å². The molecule has 0 saturated heterocycles. The van der Waals surface area contributed by atoms with Gasteiger partial charge in [-0.25, -0.2) is 0 Å². The van der Waals surface area contributed by atoms with E-state index in [-0.39, 0.29) is 0 Å². The summed E-state index contributed by atoms with van der Waals surface area (Å²) in [4.78, 5) is 0. The zero-order valence-electron chi connectivity index (χ0n) is 11.4. The van der Waals surface area contributed by atoms with E-state index in [2.05, 4.69) is 15.9 Å². The van der Waals surface area contributed by atoms with Gasteiger partial charge in [0.1, 0.15) is 5.60 Å². The highest BCUT2D eigenvalue weighted by Crippen LogP contribution is 2.68. The SMILES string of the molecule is CCOP1(=O)OC(C)(C)C(Br)=C1Cc1ccccc1. The van der Waals surface area contributed by atoms with Crippen LogP contribution in [-0.2, 0) is 20.0 Å². The molecule has 0 N–H and O–H groups in total. The maximum atomic E-state index is 12.8. The molecule has 104 valence electrons. The molecule has 5 heteroatoms. The molecule has 1 aromatic carbocycles. The first kappa shape index (κ1) is 15.0. The summed E-state index contributed by atoms with van der Waals surface area (Å²) in [5.41, 5.74) is 0.491. The van der Waals surface area contributed by atoms with Crippen molar-refractivity contribution in [1.82, 2.24) is 0 Å². The lowest BCUT2D eigenvalue weighted by Crippen LogP contribution is -2.18. The van der Waals surface area contributed by atoms with Gasteiger partial charge in [-0.1, -0.05) is 46.3 Å². The molecule has 3 nitrogen and oxygen atoms in total. The maximum absolute atomic E-state index is 12.8. The van der Waals surface area contributed by atoms with E-state index < -0.39 is 13.2 Å². The van der Waals surface area contributed by atoms with Crippen LogP contribution in [0.3, 0.4) is 0 Å². The fraction of sp³-hybridized carbons (Fsp3) is 0.429. The van der Waals surface area contributed by atoms with Crippen molar-refractivity contribution in [3.8, 4) is 0 Å². The number of halogens is 1. The summed E-state index contributed by atoms with van der Waals surface area (Å²) in [6, 6.07) is 9.92. The Kier molecular flexibility index (Phi) is 4.36. The summed E-state index contributed by atoms with van der Waals surface area (Å²) in [6.07, 6.45) is 0.572. The first-order valence-corrected chi connectivity index (χ1v) is 8.61. The lowest BCUT2D eigenvalue weighted by atomic mass is 10.1. The minimum atomic E-state index is -3.19. The van der Waals surface area contributed by atoms with E-state index in [1.54, 1.807) is 0 Å². The first-order valence-electron chi connectivity index (χ1n) is 6.28. The molecule has 1 heterocycles. The van der Waals surface area contributed by atoms with Gasteiger partial charge in [0.15, 0.2) is 0 Å². The van der Waals surface area contributed by atoms with Crippen molar-refractivity contribution in [3.05, 3.63) is 45.7 Å². The van der Waals surface area contributed by atoms with Crippen LogP contribution < -0.4 is 0 Å². The van der Waals surface area contributed by atoms with E-state index in [1.165, 1.54) is 0 Å². The van der Waals surface area contributed by atoms with Crippen molar-refractivity contribution in [2.75, 3.05) is 6.61 Å². The summed E-state index contributed by atoms with van der Waals surface area (Å²) in [6.45, 7) is 5.97. The van der Waals surface area contributed by atoms with Gasteiger partial charge < -0.3 is 4.52 Å². The van der Waals surface area contributed by atoms with E-state index in [4.69, 9.17) is 9.05 Å². The summed E-state index contributed by atoms with van der Waals surface area (Å²) in [5, 5.41) is 0.727. The average molecular weight is 345 g/mol. The highest BCUT2D eigenvalue weighted by atomic mass is 79.9.